The molecule has 12 heavy (non-hydrogen) atoms. The van der Waals surface area contributed by atoms with E-state index in [1.54, 1.807) is 0 Å². The predicted octanol–water partition coefficient (Wildman–Crippen LogP) is 1.56. The van der Waals surface area contributed by atoms with Gasteiger partial charge in [0.25, 0.3) is 0 Å². The van der Waals surface area contributed by atoms with E-state index in [0.29, 0.717) is 0 Å². The molecule has 0 atom stereocenters. The van der Waals surface area contributed by atoms with Gasteiger partial charge in [-0.3, -0.25) is 0 Å². The first-order valence-corrected chi connectivity index (χ1v) is 5.26. The van der Waals surface area contributed by atoms with Crippen LogP contribution in [0, 0.1) is 5.92 Å². The molecular formula is C10H19NO. The van der Waals surface area contributed by atoms with Gasteiger partial charge in [0.15, 0.2) is 0 Å². The van der Waals surface area contributed by atoms with Crippen molar-refractivity contribution in [3.05, 3.63) is 0 Å². The van der Waals surface area contributed by atoms with Gasteiger partial charge in [-0.25, -0.2) is 0 Å². The van der Waals surface area contributed by atoms with Gasteiger partial charge in [-0.05, 0) is 25.2 Å². The first kappa shape index (κ1) is 8.52. The van der Waals surface area contributed by atoms with Crippen molar-refractivity contribution < 1.29 is 4.74 Å². The fraction of sp³-hybridized carbons (Fsp3) is 1.00. The molecule has 2 saturated carbocycles. The summed E-state index contributed by atoms with van der Waals surface area (Å²) in [6.45, 7) is 2.94. The molecular weight excluding hydrogens is 150 g/mol. The second-order valence-corrected chi connectivity index (χ2v) is 4.07. The molecule has 2 nitrogen and oxygen atoms in total. The zero-order valence-corrected chi connectivity index (χ0v) is 7.72. The van der Waals surface area contributed by atoms with Gasteiger partial charge < -0.3 is 10.1 Å². The molecule has 0 heterocycles. The Morgan fingerprint density at radius 1 is 1.08 bits per heavy atom. The Balaban J connectivity index is 1.31. The third-order valence-corrected chi connectivity index (χ3v) is 2.62. The fourth-order valence-electron chi connectivity index (χ4n) is 1.38. The van der Waals surface area contributed by atoms with E-state index in [9.17, 15) is 0 Å². The van der Waals surface area contributed by atoms with Crippen LogP contribution in [0.5, 0.6) is 0 Å². The Bertz CT molecular complexity index is 114. The highest BCUT2D eigenvalue weighted by molar-refractivity contribution is 4.80. The van der Waals surface area contributed by atoms with Crippen molar-refractivity contribution in [3.8, 4) is 0 Å². The second-order valence-electron chi connectivity index (χ2n) is 4.07. The Hall–Kier alpha value is -0.0800. The van der Waals surface area contributed by atoms with Crippen molar-refractivity contribution in [2.75, 3.05) is 19.8 Å². The molecule has 0 aliphatic heterocycles. The third kappa shape index (κ3) is 3.55. The van der Waals surface area contributed by atoms with Gasteiger partial charge in [0.2, 0.25) is 0 Å². The van der Waals surface area contributed by atoms with Gasteiger partial charge in [0, 0.05) is 19.2 Å². The van der Waals surface area contributed by atoms with Crippen LogP contribution < -0.4 is 5.32 Å². The summed E-state index contributed by atoms with van der Waals surface area (Å²) in [5.41, 5.74) is 0. The molecule has 0 aromatic carbocycles. The minimum absolute atomic E-state index is 0.831. The van der Waals surface area contributed by atoms with Crippen molar-refractivity contribution in [3.63, 3.8) is 0 Å². The lowest BCUT2D eigenvalue weighted by Crippen LogP contribution is -2.21. The maximum absolute atomic E-state index is 5.50. The molecule has 2 aliphatic carbocycles. The maximum Gasteiger partial charge on any atom is 0.0591 e. The molecule has 2 aliphatic rings. The third-order valence-electron chi connectivity index (χ3n) is 2.62. The molecule has 0 spiro atoms. The van der Waals surface area contributed by atoms with E-state index in [-0.39, 0.29) is 0 Å². The zero-order chi connectivity index (χ0) is 8.23. The van der Waals surface area contributed by atoms with Crippen LogP contribution in [0.3, 0.4) is 0 Å². The summed E-state index contributed by atoms with van der Waals surface area (Å²) in [7, 11) is 0. The van der Waals surface area contributed by atoms with Crippen molar-refractivity contribution in [2.45, 2.75) is 38.1 Å². The molecule has 0 aromatic rings. The van der Waals surface area contributed by atoms with E-state index in [2.05, 4.69) is 5.32 Å². The van der Waals surface area contributed by atoms with Crippen LogP contribution in [0.2, 0.25) is 0 Å². The highest BCUT2D eigenvalue weighted by Gasteiger charge is 2.21. The lowest BCUT2D eigenvalue weighted by Gasteiger charge is -2.03. The normalized spacial score (nSPS) is 23.0. The van der Waals surface area contributed by atoms with Crippen molar-refractivity contribution in [1.82, 2.24) is 5.32 Å². The Morgan fingerprint density at radius 3 is 2.58 bits per heavy atom. The Morgan fingerprint density at radius 2 is 1.92 bits per heavy atom. The molecule has 0 amide bonds. The minimum Gasteiger partial charge on any atom is -0.380 e. The smallest absolute Gasteiger partial charge is 0.0591 e. The number of hydrogen-bond donors (Lipinski definition) is 1. The van der Waals surface area contributed by atoms with Gasteiger partial charge in [0.1, 0.15) is 0 Å². The van der Waals surface area contributed by atoms with E-state index in [4.69, 9.17) is 4.74 Å². The van der Waals surface area contributed by atoms with Crippen LogP contribution in [0.25, 0.3) is 0 Å². The molecule has 2 heteroatoms. The molecule has 0 radical (unpaired) electrons. The van der Waals surface area contributed by atoms with Gasteiger partial charge in [-0.15, -0.1) is 0 Å². The summed E-state index contributed by atoms with van der Waals surface area (Å²) in [6.07, 6.45) is 6.95. The number of rotatable bonds is 7. The van der Waals surface area contributed by atoms with Crippen molar-refractivity contribution in [2.24, 2.45) is 5.92 Å². The van der Waals surface area contributed by atoms with Crippen LogP contribution in [0.1, 0.15) is 32.1 Å². The van der Waals surface area contributed by atoms with Crippen molar-refractivity contribution >= 4 is 0 Å². The molecule has 0 aromatic heterocycles. The van der Waals surface area contributed by atoms with Gasteiger partial charge >= 0.3 is 0 Å². The van der Waals surface area contributed by atoms with Crippen LogP contribution in [0.4, 0.5) is 0 Å². The van der Waals surface area contributed by atoms with Crippen LogP contribution in [-0.4, -0.2) is 25.8 Å². The van der Waals surface area contributed by atoms with Crippen LogP contribution in [0.15, 0.2) is 0 Å². The summed E-state index contributed by atoms with van der Waals surface area (Å²) >= 11 is 0. The molecule has 2 fully saturated rings. The van der Waals surface area contributed by atoms with E-state index >= 15 is 0 Å². The van der Waals surface area contributed by atoms with Gasteiger partial charge in [-0.1, -0.05) is 12.8 Å². The summed E-state index contributed by atoms with van der Waals surface area (Å²) in [6, 6.07) is 0.831. The number of ether oxygens (including phenoxy) is 1. The zero-order valence-electron chi connectivity index (χ0n) is 7.72. The summed E-state index contributed by atoms with van der Waals surface area (Å²) in [4.78, 5) is 0. The molecule has 1 N–H and O–H groups in total. The largest absolute Gasteiger partial charge is 0.380 e. The minimum atomic E-state index is 0.831. The van der Waals surface area contributed by atoms with E-state index in [0.717, 1.165) is 31.7 Å². The molecule has 0 unspecified atom stereocenters. The lowest BCUT2D eigenvalue weighted by atomic mass is 10.3. The Kier molecular flexibility index (Phi) is 3.01. The van der Waals surface area contributed by atoms with E-state index in [1.807, 2.05) is 0 Å². The lowest BCUT2D eigenvalue weighted by molar-refractivity contribution is 0.129. The quantitative estimate of drug-likeness (QED) is 0.584. The average Bonchev–Trinajstić information content (AvgIpc) is 2.89. The van der Waals surface area contributed by atoms with Gasteiger partial charge in [0.05, 0.1) is 6.61 Å². The first-order valence-electron chi connectivity index (χ1n) is 5.26. The first-order chi connectivity index (χ1) is 5.95. The predicted molar refractivity (Wildman–Crippen MR) is 49.2 cm³/mol. The summed E-state index contributed by atoms with van der Waals surface area (Å²) in [5.74, 6) is 1.02. The highest BCUT2D eigenvalue weighted by atomic mass is 16.5. The van der Waals surface area contributed by atoms with E-state index < -0.39 is 0 Å². The average molecular weight is 169 g/mol. The van der Waals surface area contributed by atoms with E-state index in [1.165, 1.54) is 32.1 Å². The van der Waals surface area contributed by atoms with Crippen LogP contribution >= 0.6 is 0 Å². The van der Waals surface area contributed by atoms with Crippen LogP contribution in [-0.2, 0) is 4.74 Å². The SMILES string of the molecule is C(COCCC1CC1)NC1CC1. The number of nitrogens with one attached hydrogen (secondary N) is 1. The maximum atomic E-state index is 5.50. The summed E-state index contributed by atoms with van der Waals surface area (Å²) in [5, 5.41) is 3.44. The van der Waals surface area contributed by atoms with Gasteiger partial charge in [-0.2, -0.15) is 0 Å². The second kappa shape index (κ2) is 4.24. The fourth-order valence-corrected chi connectivity index (χ4v) is 1.38. The number of hydrogen-bond acceptors (Lipinski definition) is 2. The highest BCUT2D eigenvalue weighted by Crippen LogP contribution is 2.31. The topological polar surface area (TPSA) is 21.3 Å². The molecule has 70 valence electrons. The standard InChI is InChI=1S/C10H19NO/c1-2-9(1)5-7-12-8-6-11-10-3-4-10/h9-11H,1-8H2. The Labute approximate surface area is 74.7 Å². The molecule has 0 bridgehead atoms. The van der Waals surface area contributed by atoms with Crippen molar-refractivity contribution in [1.29, 1.82) is 0 Å². The monoisotopic (exact) mass is 169 g/mol. The summed E-state index contributed by atoms with van der Waals surface area (Å²) < 4.78 is 5.50. The molecule has 2 rings (SSSR count). The molecule has 0 saturated heterocycles.